The van der Waals surface area contributed by atoms with Crippen LogP contribution in [0.15, 0.2) is 0 Å². The van der Waals surface area contributed by atoms with Crippen LogP contribution in [0, 0.1) is 0 Å². The molecule has 0 aromatic rings. The smallest absolute Gasteiger partial charge is 0.118 e. The van der Waals surface area contributed by atoms with Crippen molar-refractivity contribution in [3.8, 4) is 0 Å². The number of rotatable bonds is 2. The third-order valence-corrected chi connectivity index (χ3v) is 3.25. The molecule has 2 saturated heterocycles. The van der Waals surface area contributed by atoms with Crippen LogP contribution in [-0.4, -0.2) is 31.0 Å². The van der Waals surface area contributed by atoms with Crippen LogP contribution in [0.1, 0.15) is 39.5 Å². The molecule has 3 atom stereocenters. The summed E-state index contributed by atoms with van der Waals surface area (Å²) in [7, 11) is 0. The van der Waals surface area contributed by atoms with Crippen molar-refractivity contribution in [3.63, 3.8) is 0 Å². The van der Waals surface area contributed by atoms with Crippen molar-refractivity contribution in [1.82, 2.24) is 10.6 Å². The number of nitrogens with one attached hydrogen (secondary N) is 2. The van der Waals surface area contributed by atoms with Gasteiger partial charge in [0, 0.05) is 18.5 Å². The lowest BCUT2D eigenvalue weighted by Gasteiger charge is -2.32. The van der Waals surface area contributed by atoms with Crippen LogP contribution < -0.4 is 10.6 Å². The van der Waals surface area contributed by atoms with Gasteiger partial charge in [-0.3, -0.25) is 5.32 Å². The normalized spacial score (nSPS) is 41.2. The Kier molecular flexibility index (Phi) is 4.84. The van der Waals surface area contributed by atoms with Crippen LogP contribution in [0.2, 0.25) is 0 Å². The first-order valence-electron chi connectivity index (χ1n) is 5.83. The van der Waals surface area contributed by atoms with Crippen molar-refractivity contribution in [1.29, 1.82) is 0 Å². The van der Waals surface area contributed by atoms with Crippen molar-refractivity contribution in [3.05, 3.63) is 0 Å². The molecule has 2 rings (SSSR count). The first-order valence-corrected chi connectivity index (χ1v) is 5.83. The second-order valence-electron chi connectivity index (χ2n) is 4.94. The summed E-state index contributed by atoms with van der Waals surface area (Å²) in [4.78, 5) is 0. The van der Waals surface area contributed by atoms with Crippen LogP contribution >= 0.6 is 12.4 Å². The van der Waals surface area contributed by atoms with Gasteiger partial charge in [0.05, 0.1) is 6.61 Å². The van der Waals surface area contributed by atoms with Gasteiger partial charge in [0.1, 0.15) is 5.72 Å². The minimum Gasteiger partial charge on any atom is -0.359 e. The third-order valence-electron chi connectivity index (χ3n) is 3.25. The molecule has 2 aliphatic heterocycles. The van der Waals surface area contributed by atoms with E-state index < -0.39 is 0 Å². The fourth-order valence-electron chi connectivity index (χ4n) is 2.60. The number of hydrogen-bond acceptors (Lipinski definition) is 3. The van der Waals surface area contributed by atoms with Gasteiger partial charge in [0.2, 0.25) is 0 Å². The van der Waals surface area contributed by atoms with Gasteiger partial charge < -0.3 is 10.1 Å². The zero-order valence-corrected chi connectivity index (χ0v) is 10.5. The monoisotopic (exact) mass is 234 g/mol. The van der Waals surface area contributed by atoms with Crippen LogP contribution in [0.4, 0.5) is 0 Å². The fraction of sp³-hybridized carbons (Fsp3) is 1.00. The van der Waals surface area contributed by atoms with Crippen molar-refractivity contribution in [2.75, 3.05) is 13.2 Å². The molecule has 15 heavy (non-hydrogen) atoms. The van der Waals surface area contributed by atoms with Crippen molar-refractivity contribution in [2.45, 2.75) is 57.3 Å². The lowest BCUT2D eigenvalue weighted by molar-refractivity contribution is -0.0105. The molecule has 3 nitrogen and oxygen atoms in total. The van der Waals surface area contributed by atoms with E-state index in [1.165, 1.54) is 25.8 Å². The Morgan fingerprint density at radius 2 is 2.20 bits per heavy atom. The molecule has 0 spiro atoms. The second-order valence-corrected chi connectivity index (χ2v) is 4.94. The van der Waals surface area contributed by atoms with Crippen LogP contribution in [0.25, 0.3) is 0 Å². The second kappa shape index (κ2) is 5.48. The predicted molar refractivity (Wildman–Crippen MR) is 64.5 cm³/mol. The molecule has 0 aliphatic carbocycles. The minimum atomic E-state index is -0.0889. The third kappa shape index (κ3) is 3.59. The number of piperidine rings is 1. The number of halogens is 1. The minimum absolute atomic E-state index is 0. The topological polar surface area (TPSA) is 33.3 Å². The molecule has 4 heteroatoms. The molecule has 3 unspecified atom stereocenters. The Balaban J connectivity index is 0.00000112. The Labute approximate surface area is 98.7 Å². The van der Waals surface area contributed by atoms with E-state index in [-0.39, 0.29) is 18.1 Å². The van der Waals surface area contributed by atoms with E-state index in [0.717, 1.165) is 13.0 Å². The summed E-state index contributed by atoms with van der Waals surface area (Å²) in [6.07, 6.45) is 5.09. The van der Waals surface area contributed by atoms with Gasteiger partial charge in [0.25, 0.3) is 0 Å². The number of ether oxygens (including phenoxy) is 1. The van der Waals surface area contributed by atoms with E-state index >= 15 is 0 Å². The molecule has 0 saturated carbocycles. The summed E-state index contributed by atoms with van der Waals surface area (Å²) >= 11 is 0. The van der Waals surface area contributed by atoms with Gasteiger partial charge in [-0.25, -0.2) is 0 Å². The van der Waals surface area contributed by atoms with Crippen LogP contribution in [0.5, 0.6) is 0 Å². The molecule has 2 aliphatic rings. The van der Waals surface area contributed by atoms with E-state index in [9.17, 15) is 0 Å². The summed E-state index contributed by atoms with van der Waals surface area (Å²) in [6, 6.07) is 1.15. The molecule has 2 heterocycles. The summed E-state index contributed by atoms with van der Waals surface area (Å²) in [5, 5.41) is 7.08. The molecule has 2 N–H and O–H groups in total. The summed E-state index contributed by atoms with van der Waals surface area (Å²) in [5.41, 5.74) is -0.0889. The van der Waals surface area contributed by atoms with Crippen molar-refractivity contribution in [2.24, 2.45) is 0 Å². The molecular formula is C11H23ClN2O. The molecule has 0 radical (unpaired) electrons. The van der Waals surface area contributed by atoms with Crippen molar-refractivity contribution < 1.29 is 4.74 Å². The van der Waals surface area contributed by atoms with Gasteiger partial charge >= 0.3 is 0 Å². The Hall–Kier alpha value is 0.170. The Bertz CT molecular complexity index is 197. The van der Waals surface area contributed by atoms with Gasteiger partial charge in [-0.2, -0.15) is 0 Å². The largest absolute Gasteiger partial charge is 0.359 e. The molecule has 0 aromatic heterocycles. The van der Waals surface area contributed by atoms with Gasteiger partial charge in [0.15, 0.2) is 0 Å². The maximum Gasteiger partial charge on any atom is 0.118 e. The van der Waals surface area contributed by atoms with E-state index in [0.29, 0.717) is 12.1 Å². The van der Waals surface area contributed by atoms with Gasteiger partial charge in [-0.1, -0.05) is 6.42 Å². The molecule has 90 valence electrons. The molecular weight excluding hydrogens is 212 g/mol. The molecule has 0 amide bonds. The molecule has 2 fully saturated rings. The highest BCUT2D eigenvalue weighted by Gasteiger charge is 2.35. The highest BCUT2D eigenvalue weighted by atomic mass is 35.5. The van der Waals surface area contributed by atoms with Crippen LogP contribution in [0.3, 0.4) is 0 Å². The summed E-state index contributed by atoms with van der Waals surface area (Å²) in [6.45, 7) is 6.38. The highest BCUT2D eigenvalue weighted by molar-refractivity contribution is 5.85. The Morgan fingerprint density at radius 3 is 2.73 bits per heavy atom. The maximum atomic E-state index is 5.80. The lowest BCUT2D eigenvalue weighted by Crippen LogP contribution is -2.47. The van der Waals surface area contributed by atoms with Crippen LogP contribution in [-0.2, 0) is 4.74 Å². The predicted octanol–water partition coefficient (Wildman–Crippen LogP) is 1.66. The summed E-state index contributed by atoms with van der Waals surface area (Å²) < 4.78 is 5.80. The number of hydrogen-bond donors (Lipinski definition) is 2. The van der Waals surface area contributed by atoms with E-state index in [4.69, 9.17) is 4.74 Å². The molecule has 0 bridgehead atoms. The summed E-state index contributed by atoms with van der Waals surface area (Å²) in [5.74, 6) is 0. The first-order chi connectivity index (χ1) is 6.68. The average molecular weight is 235 g/mol. The zero-order valence-electron chi connectivity index (χ0n) is 9.71. The standard InChI is InChI=1S/C11H22N2O.ClH/c1-9-8-14-11(2,13-9)7-10-5-3-4-6-12-10;/h9-10,12-13H,3-8H2,1-2H3;1H. The Morgan fingerprint density at radius 1 is 1.40 bits per heavy atom. The highest BCUT2D eigenvalue weighted by Crippen LogP contribution is 2.24. The maximum absolute atomic E-state index is 5.80. The van der Waals surface area contributed by atoms with E-state index in [2.05, 4.69) is 24.5 Å². The lowest BCUT2D eigenvalue weighted by atomic mass is 9.97. The van der Waals surface area contributed by atoms with Gasteiger partial charge in [-0.15, -0.1) is 12.4 Å². The van der Waals surface area contributed by atoms with Gasteiger partial charge in [-0.05, 0) is 33.2 Å². The zero-order chi connectivity index (χ0) is 10.0. The average Bonchev–Trinajstić information content (AvgIpc) is 2.47. The SMILES string of the molecule is CC1COC(C)(CC2CCCCN2)N1.Cl. The van der Waals surface area contributed by atoms with E-state index in [1.807, 2.05) is 0 Å². The quantitative estimate of drug-likeness (QED) is 0.763. The van der Waals surface area contributed by atoms with Crippen molar-refractivity contribution >= 4 is 12.4 Å². The molecule has 0 aromatic carbocycles. The van der Waals surface area contributed by atoms with E-state index in [1.54, 1.807) is 0 Å². The first kappa shape index (κ1) is 13.2. The fourth-order valence-corrected chi connectivity index (χ4v) is 2.60.